The summed E-state index contributed by atoms with van der Waals surface area (Å²) in [6.45, 7) is 3.44. The molecule has 30 valence electrons. The Morgan fingerprint density at radius 3 is 2.20 bits per heavy atom. The van der Waals surface area contributed by atoms with E-state index in [4.69, 9.17) is 5.73 Å². The number of hydrogen-bond acceptors (Lipinski definition) is 1. The molecule has 2 N–H and O–H groups in total. The Morgan fingerprint density at radius 1 is 2.00 bits per heavy atom. The summed E-state index contributed by atoms with van der Waals surface area (Å²) in [5.74, 6) is 0. The Hall–Kier alpha value is 0.270. The number of alkyl halides is 1. The molecule has 0 unspecified atom stereocenters. The van der Waals surface area contributed by atoms with Crippen LogP contribution in [0.1, 0.15) is 0 Å². The summed E-state index contributed by atoms with van der Waals surface area (Å²) in [6.07, 6.45) is 0. The van der Waals surface area contributed by atoms with Crippen LogP contribution < -0.4 is 5.73 Å². The molecular formula is C3H6IN. The zero-order valence-electron chi connectivity index (χ0n) is 2.87. The zero-order valence-corrected chi connectivity index (χ0v) is 5.03. The average molecular weight is 183 g/mol. The maximum Gasteiger partial charge on any atom is 0.0387 e. The van der Waals surface area contributed by atoms with Gasteiger partial charge in [0.2, 0.25) is 0 Å². The van der Waals surface area contributed by atoms with E-state index < -0.39 is 0 Å². The van der Waals surface area contributed by atoms with E-state index in [-0.39, 0.29) is 0 Å². The van der Waals surface area contributed by atoms with E-state index >= 15 is 0 Å². The molecule has 1 nitrogen and oxygen atoms in total. The largest absolute Gasteiger partial charge is 0.402 e. The highest BCUT2D eigenvalue weighted by Crippen LogP contribution is 1.83. The van der Waals surface area contributed by atoms with Gasteiger partial charge in [0.25, 0.3) is 0 Å². The van der Waals surface area contributed by atoms with E-state index in [9.17, 15) is 0 Å². The van der Waals surface area contributed by atoms with Crippen LogP contribution >= 0.6 is 22.6 Å². The lowest BCUT2D eigenvalue weighted by Gasteiger charge is -1.80. The second kappa shape index (κ2) is 2.50. The molecule has 0 saturated carbocycles. The first kappa shape index (κ1) is 5.27. The molecule has 2 heteroatoms. The Bertz CT molecular complexity index is 42.2. The molecule has 0 rings (SSSR count). The smallest absolute Gasteiger partial charge is 0.0387 e. The van der Waals surface area contributed by atoms with Crippen molar-refractivity contribution in [3.63, 3.8) is 0 Å². The molecule has 0 atom stereocenters. The Morgan fingerprint density at radius 2 is 2.20 bits per heavy atom. The minimum absolute atomic E-state index is 0.741. The summed E-state index contributed by atoms with van der Waals surface area (Å²) in [5, 5.41) is 0. The minimum Gasteiger partial charge on any atom is -0.402 e. The number of hydrogen-bond donors (Lipinski definition) is 1. The van der Waals surface area contributed by atoms with Crippen molar-refractivity contribution < 1.29 is 0 Å². The first-order valence-electron chi connectivity index (χ1n) is 1.26. The van der Waals surface area contributed by atoms with Crippen molar-refractivity contribution in [3.05, 3.63) is 12.3 Å². The van der Waals surface area contributed by atoms with E-state index in [0.717, 1.165) is 10.1 Å². The Balaban J connectivity index is 2.85. The van der Waals surface area contributed by atoms with E-state index in [2.05, 4.69) is 29.2 Å². The van der Waals surface area contributed by atoms with Crippen molar-refractivity contribution in [2.75, 3.05) is 4.43 Å². The molecule has 0 aliphatic rings. The molecule has 0 aliphatic heterocycles. The van der Waals surface area contributed by atoms with E-state index in [0.29, 0.717) is 0 Å². The summed E-state index contributed by atoms with van der Waals surface area (Å²) < 4.78 is 0.859. The van der Waals surface area contributed by atoms with Crippen LogP contribution in [0.3, 0.4) is 0 Å². The van der Waals surface area contributed by atoms with Crippen LogP contribution in [0.2, 0.25) is 0 Å². The Kier molecular flexibility index (Phi) is 2.64. The highest BCUT2D eigenvalue weighted by atomic mass is 127. The lowest BCUT2D eigenvalue weighted by Crippen LogP contribution is -1.92. The zero-order chi connectivity index (χ0) is 4.28. The average Bonchev–Trinajstić information content (AvgIpc) is 1.38. The predicted octanol–water partition coefficient (Wildman–Crippen LogP) is 0.894. The fraction of sp³-hybridized carbons (Fsp3) is 0.333. The highest BCUT2D eigenvalue weighted by molar-refractivity contribution is 14.1. The third-order valence-corrected chi connectivity index (χ3v) is 1.15. The van der Waals surface area contributed by atoms with E-state index in [1.54, 1.807) is 0 Å². The molecule has 0 radical (unpaired) electrons. The molecule has 0 aliphatic carbocycles. The van der Waals surface area contributed by atoms with Crippen molar-refractivity contribution in [1.29, 1.82) is 0 Å². The van der Waals surface area contributed by atoms with E-state index in [1.165, 1.54) is 0 Å². The van der Waals surface area contributed by atoms with Gasteiger partial charge in [-0.25, -0.2) is 0 Å². The van der Waals surface area contributed by atoms with Gasteiger partial charge in [-0.3, -0.25) is 0 Å². The third-order valence-electron chi connectivity index (χ3n) is 0.172. The first-order valence-corrected chi connectivity index (χ1v) is 2.79. The van der Waals surface area contributed by atoms with Gasteiger partial charge in [-0.2, -0.15) is 0 Å². The van der Waals surface area contributed by atoms with Gasteiger partial charge in [0, 0.05) is 10.1 Å². The SMILES string of the molecule is C=C(N)CI. The van der Waals surface area contributed by atoms with Crippen molar-refractivity contribution in [3.8, 4) is 0 Å². The summed E-state index contributed by atoms with van der Waals surface area (Å²) >= 11 is 2.15. The van der Waals surface area contributed by atoms with Gasteiger partial charge in [0.05, 0.1) is 0 Å². The van der Waals surface area contributed by atoms with Crippen LogP contribution in [0.4, 0.5) is 0 Å². The molecule has 0 aromatic carbocycles. The van der Waals surface area contributed by atoms with Gasteiger partial charge in [0.15, 0.2) is 0 Å². The van der Waals surface area contributed by atoms with Gasteiger partial charge in [-0.1, -0.05) is 29.2 Å². The maximum atomic E-state index is 5.09. The number of nitrogens with two attached hydrogens (primary N) is 1. The second-order valence-electron chi connectivity index (χ2n) is 0.792. The summed E-state index contributed by atoms with van der Waals surface area (Å²) in [7, 11) is 0. The fourth-order valence-electron chi connectivity index (χ4n) is 0. The molecule has 0 amide bonds. The van der Waals surface area contributed by atoms with Crippen LogP contribution in [-0.2, 0) is 0 Å². The van der Waals surface area contributed by atoms with Crippen molar-refractivity contribution >= 4 is 22.6 Å². The normalized spacial score (nSPS) is 7.40. The number of rotatable bonds is 1. The van der Waals surface area contributed by atoms with Gasteiger partial charge >= 0.3 is 0 Å². The molecule has 5 heavy (non-hydrogen) atoms. The molecule has 0 aromatic heterocycles. The van der Waals surface area contributed by atoms with Crippen LogP contribution in [0.5, 0.6) is 0 Å². The van der Waals surface area contributed by atoms with Gasteiger partial charge < -0.3 is 5.73 Å². The van der Waals surface area contributed by atoms with Gasteiger partial charge in [0.1, 0.15) is 0 Å². The van der Waals surface area contributed by atoms with Gasteiger partial charge in [-0.15, -0.1) is 0 Å². The van der Waals surface area contributed by atoms with Gasteiger partial charge in [-0.05, 0) is 0 Å². The standard InChI is InChI=1S/C3H6IN/c1-3(5)2-4/h1-2,5H2. The highest BCUT2D eigenvalue weighted by Gasteiger charge is 1.69. The predicted molar refractivity (Wildman–Crippen MR) is 32.2 cm³/mol. The Labute approximate surface area is 45.4 Å². The molecule has 0 spiro atoms. The number of allylic oxidation sites excluding steroid dienone is 1. The molecular weight excluding hydrogens is 177 g/mol. The molecule has 0 fully saturated rings. The van der Waals surface area contributed by atoms with Crippen molar-refractivity contribution in [2.24, 2.45) is 5.73 Å². The van der Waals surface area contributed by atoms with E-state index in [1.807, 2.05) is 0 Å². The molecule has 0 saturated heterocycles. The first-order chi connectivity index (χ1) is 2.27. The van der Waals surface area contributed by atoms with Crippen LogP contribution in [0.15, 0.2) is 12.3 Å². The minimum atomic E-state index is 0.741. The topological polar surface area (TPSA) is 26.0 Å². The summed E-state index contributed by atoms with van der Waals surface area (Å²) in [4.78, 5) is 0. The summed E-state index contributed by atoms with van der Waals surface area (Å²) in [5.41, 5.74) is 5.83. The van der Waals surface area contributed by atoms with Crippen LogP contribution in [-0.4, -0.2) is 4.43 Å². The maximum absolute atomic E-state index is 5.09. The lowest BCUT2D eigenvalue weighted by atomic mass is 10.6. The van der Waals surface area contributed by atoms with Crippen LogP contribution in [0, 0.1) is 0 Å². The van der Waals surface area contributed by atoms with Crippen molar-refractivity contribution in [1.82, 2.24) is 0 Å². The molecule has 0 aromatic rings. The summed E-state index contributed by atoms with van der Waals surface area (Å²) in [6, 6.07) is 0. The monoisotopic (exact) mass is 183 g/mol. The molecule has 0 bridgehead atoms. The van der Waals surface area contributed by atoms with Crippen LogP contribution in [0.25, 0.3) is 0 Å². The fourth-order valence-corrected chi connectivity index (χ4v) is 0. The third kappa shape index (κ3) is 4.27. The lowest BCUT2D eigenvalue weighted by molar-refractivity contribution is 1.38. The van der Waals surface area contributed by atoms with Crippen molar-refractivity contribution in [2.45, 2.75) is 0 Å². The second-order valence-corrected chi connectivity index (χ2v) is 1.55. The quantitative estimate of drug-likeness (QED) is 0.474. The molecule has 0 heterocycles. The number of halogens is 1.